The van der Waals surface area contributed by atoms with Gasteiger partial charge >= 0.3 is 6.18 Å². The molecule has 0 saturated carbocycles. The highest BCUT2D eigenvalue weighted by Crippen LogP contribution is 2.32. The first kappa shape index (κ1) is 29.1. The summed E-state index contributed by atoms with van der Waals surface area (Å²) in [6.07, 6.45) is -0.287. The number of halogens is 3. The number of carbonyl (C=O) groups excluding carboxylic acids is 2. The van der Waals surface area contributed by atoms with Gasteiger partial charge in [-0.1, -0.05) is 12.1 Å². The minimum Gasteiger partial charge on any atom is -0.382 e. The quantitative estimate of drug-likeness (QED) is 0.396. The predicted octanol–water partition coefficient (Wildman–Crippen LogP) is 4.64. The molecule has 3 heterocycles. The summed E-state index contributed by atoms with van der Waals surface area (Å²) in [6, 6.07) is 7.22. The first-order chi connectivity index (χ1) is 20.6. The molecule has 8 nitrogen and oxygen atoms in total. The van der Waals surface area contributed by atoms with Crippen LogP contribution in [0.1, 0.15) is 51.8 Å². The number of hydrogen-bond donors (Lipinski definition) is 2. The van der Waals surface area contributed by atoms with Crippen LogP contribution in [0.25, 0.3) is 16.6 Å². The van der Waals surface area contributed by atoms with Crippen molar-refractivity contribution in [2.24, 2.45) is 0 Å². The van der Waals surface area contributed by atoms with Gasteiger partial charge in [0, 0.05) is 56.4 Å². The van der Waals surface area contributed by atoms with Crippen LogP contribution in [-0.4, -0.2) is 76.9 Å². The average molecular weight is 594 g/mol. The maximum atomic E-state index is 13.3. The Morgan fingerprint density at radius 2 is 1.91 bits per heavy atom. The average Bonchev–Trinajstić information content (AvgIpc) is 3.51. The van der Waals surface area contributed by atoms with Crippen molar-refractivity contribution in [2.75, 3.05) is 39.4 Å². The molecule has 1 amide bonds. The molecule has 1 saturated heterocycles. The van der Waals surface area contributed by atoms with Crippen molar-refractivity contribution in [3.8, 4) is 0 Å². The number of imidazole rings is 1. The Bertz CT molecular complexity index is 1630. The maximum absolute atomic E-state index is 13.3. The molecule has 226 valence electrons. The molecule has 1 aliphatic carbocycles. The zero-order valence-electron chi connectivity index (χ0n) is 24.2. The molecule has 0 radical (unpaired) electrons. The predicted molar refractivity (Wildman–Crippen MR) is 156 cm³/mol. The van der Waals surface area contributed by atoms with Crippen LogP contribution >= 0.6 is 0 Å². The van der Waals surface area contributed by atoms with Crippen molar-refractivity contribution in [1.82, 2.24) is 25.1 Å². The van der Waals surface area contributed by atoms with E-state index in [1.165, 1.54) is 12.1 Å². The summed E-state index contributed by atoms with van der Waals surface area (Å²) < 4.78 is 45.3. The number of morpholine rings is 1. The fourth-order valence-electron chi connectivity index (χ4n) is 5.98. The molecule has 2 aromatic carbocycles. The van der Waals surface area contributed by atoms with Gasteiger partial charge in [0.15, 0.2) is 5.78 Å². The van der Waals surface area contributed by atoms with Crippen molar-refractivity contribution in [1.29, 1.82) is 0 Å². The third-order valence-corrected chi connectivity index (χ3v) is 8.35. The van der Waals surface area contributed by atoms with Gasteiger partial charge in [-0.25, -0.2) is 4.98 Å². The highest BCUT2D eigenvalue weighted by Gasteiger charge is 2.32. The Kier molecular flexibility index (Phi) is 7.87. The third-order valence-electron chi connectivity index (χ3n) is 8.35. The summed E-state index contributed by atoms with van der Waals surface area (Å²) in [7, 11) is 0. The largest absolute Gasteiger partial charge is 0.416 e. The molecule has 1 fully saturated rings. The summed E-state index contributed by atoms with van der Waals surface area (Å²) >= 11 is 0. The molecule has 1 atom stereocenters. The van der Waals surface area contributed by atoms with Gasteiger partial charge in [0.05, 0.1) is 35.4 Å². The second-order valence-electron chi connectivity index (χ2n) is 11.5. The molecule has 1 aromatic heterocycles. The first-order valence-corrected chi connectivity index (χ1v) is 14.6. The van der Waals surface area contributed by atoms with E-state index in [1.54, 1.807) is 19.1 Å². The van der Waals surface area contributed by atoms with Crippen LogP contribution in [0.3, 0.4) is 0 Å². The number of nitrogens with one attached hydrogen (secondary N) is 2. The van der Waals surface area contributed by atoms with Crippen LogP contribution in [0.15, 0.2) is 48.2 Å². The molecular formula is C32H34F3N5O3. The number of hydrogen-bond acceptors (Lipinski definition) is 6. The van der Waals surface area contributed by atoms with Crippen molar-refractivity contribution < 1.29 is 27.5 Å². The monoisotopic (exact) mass is 593 g/mol. The molecule has 6 rings (SSSR count). The van der Waals surface area contributed by atoms with Crippen LogP contribution in [0.2, 0.25) is 0 Å². The lowest BCUT2D eigenvalue weighted by atomic mass is 9.97. The van der Waals surface area contributed by atoms with E-state index in [2.05, 4.69) is 15.2 Å². The Labute approximate surface area is 247 Å². The summed E-state index contributed by atoms with van der Waals surface area (Å²) in [5.41, 5.74) is 4.51. The number of allylic oxidation sites excluding steroid dienone is 3. The number of H-pyrrole nitrogens is 1. The van der Waals surface area contributed by atoms with E-state index in [0.29, 0.717) is 66.5 Å². The van der Waals surface area contributed by atoms with Gasteiger partial charge in [0.25, 0.3) is 5.91 Å². The molecule has 43 heavy (non-hydrogen) atoms. The number of carbonyl (C=O) groups is 2. The number of aromatic nitrogens is 2. The highest BCUT2D eigenvalue weighted by atomic mass is 19.4. The number of nitrogens with zero attached hydrogens (tertiary/aromatic N) is 3. The number of ketones is 1. The number of Topliss-reactive ketones (excluding diaryl/α,β-unsaturated/α-hetero) is 1. The van der Waals surface area contributed by atoms with Gasteiger partial charge in [-0.2, -0.15) is 13.2 Å². The Morgan fingerprint density at radius 1 is 1.12 bits per heavy atom. The number of benzene rings is 2. The minimum atomic E-state index is -4.42. The van der Waals surface area contributed by atoms with Gasteiger partial charge in [0.1, 0.15) is 5.82 Å². The lowest BCUT2D eigenvalue weighted by Gasteiger charge is -2.28. The van der Waals surface area contributed by atoms with Crippen LogP contribution < -0.4 is 5.32 Å². The number of alkyl halides is 3. The van der Waals surface area contributed by atoms with Crippen LogP contribution in [0, 0.1) is 6.92 Å². The Morgan fingerprint density at radius 3 is 2.67 bits per heavy atom. The van der Waals surface area contributed by atoms with Crippen LogP contribution in [-0.2, 0) is 28.7 Å². The molecule has 2 N–H and O–H groups in total. The molecule has 11 heteroatoms. The number of aromatic amines is 1. The number of amides is 1. The van der Waals surface area contributed by atoms with Crippen molar-refractivity contribution >= 4 is 28.3 Å². The van der Waals surface area contributed by atoms with Crippen molar-refractivity contribution in [3.63, 3.8) is 0 Å². The van der Waals surface area contributed by atoms with E-state index in [1.807, 2.05) is 24.0 Å². The van der Waals surface area contributed by atoms with Crippen molar-refractivity contribution in [3.05, 3.63) is 81.8 Å². The normalized spacial score (nSPS) is 18.6. The number of aryl methyl sites for hydroxylation is 1. The van der Waals surface area contributed by atoms with E-state index in [9.17, 15) is 22.8 Å². The molecule has 0 spiro atoms. The topological polar surface area (TPSA) is 90.6 Å². The van der Waals surface area contributed by atoms with E-state index < -0.39 is 11.7 Å². The number of fused-ring (bicyclic) bond motifs is 2. The van der Waals surface area contributed by atoms with Crippen LogP contribution in [0.4, 0.5) is 13.2 Å². The molecule has 3 aliphatic rings. The first-order valence-electron chi connectivity index (χ1n) is 14.6. The maximum Gasteiger partial charge on any atom is 0.416 e. The SMILES string of the molecule is Cc1ccc(C(F)(F)F)cc1C[C@H](C)NC1=C(c2nc3cc4c(cc3[nH]2)CN(CCN2CCOCC2)C4=O)C(=O)CC=C1. The zero-order chi connectivity index (χ0) is 30.3. The standard InChI is InChI=1S/C32H34F3N5O3/c1-19-6-7-23(32(33,34)35)15-21(19)14-20(2)36-25-4-3-5-28(41)29(25)30-37-26-16-22-18-40(9-8-39-10-12-43-13-11-39)31(42)24(22)17-27(26)38-30/h3-4,6-7,15-17,20,36H,5,8-14,18H2,1-2H3,(H,37,38)/t20-/m0/s1. The molecular weight excluding hydrogens is 559 g/mol. The Hall–Kier alpha value is -3.96. The van der Waals surface area contributed by atoms with E-state index >= 15 is 0 Å². The number of ether oxygens (including phenoxy) is 1. The van der Waals surface area contributed by atoms with Gasteiger partial charge < -0.3 is 19.9 Å². The lowest BCUT2D eigenvalue weighted by Crippen LogP contribution is -2.41. The summed E-state index contributed by atoms with van der Waals surface area (Å²) in [5, 5.41) is 3.33. The molecule has 2 aliphatic heterocycles. The van der Waals surface area contributed by atoms with Gasteiger partial charge in [-0.15, -0.1) is 0 Å². The summed E-state index contributed by atoms with van der Waals surface area (Å²) in [5.74, 6) is 0.255. The van der Waals surface area contributed by atoms with Gasteiger partial charge in [-0.05, 0) is 67.3 Å². The zero-order valence-corrected chi connectivity index (χ0v) is 24.2. The third kappa shape index (κ3) is 6.09. The number of rotatable bonds is 8. The van der Waals surface area contributed by atoms with Gasteiger partial charge in [0.2, 0.25) is 0 Å². The fourth-order valence-corrected chi connectivity index (χ4v) is 5.98. The van der Waals surface area contributed by atoms with Gasteiger partial charge in [-0.3, -0.25) is 14.5 Å². The second kappa shape index (κ2) is 11.6. The van der Waals surface area contributed by atoms with E-state index in [-0.39, 0.29) is 24.2 Å². The Balaban J connectivity index is 1.21. The highest BCUT2D eigenvalue weighted by molar-refractivity contribution is 6.22. The fraction of sp³-hybridized carbons (Fsp3) is 0.406. The summed E-state index contributed by atoms with van der Waals surface area (Å²) in [4.78, 5) is 38.5. The molecule has 0 unspecified atom stereocenters. The smallest absolute Gasteiger partial charge is 0.382 e. The van der Waals surface area contributed by atoms with E-state index in [4.69, 9.17) is 9.72 Å². The lowest BCUT2D eigenvalue weighted by molar-refractivity contribution is -0.137. The second-order valence-corrected chi connectivity index (χ2v) is 11.5. The van der Waals surface area contributed by atoms with E-state index in [0.717, 1.165) is 42.3 Å². The summed E-state index contributed by atoms with van der Waals surface area (Å²) in [6.45, 7) is 8.79. The minimum absolute atomic E-state index is 0.0216. The van der Waals surface area contributed by atoms with Crippen LogP contribution in [0.5, 0.6) is 0 Å². The van der Waals surface area contributed by atoms with Crippen molar-refractivity contribution in [2.45, 2.75) is 45.5 Å². The molecule has 0 bridgehead atoms. The molecule has 3 aromatic rings.